The molecule has 1 rings (SSSR count). The van der Waals surface area contributed by atoms with Crippen LogP contribution in [0.4, 0.5) is 5.69 Å². The van der Waals surface area contributed by atoms with Gasteiger partial charge in [-0.15, -0.1) is 0 Å². The fourth-order valence-electron chi connectivity index (χ4n) is 1.43. The van der Waals surface area contributed by atoms with Crippen LogP contribution in [0.5, 0.6) is 0 Å². The van der Waals surface area contributed by atoms with Crippen molar-refractivity contribution in [2.75, 3.05) is 19.3 Å². The summed E-state index contributed by atoms with van der Waals surface area (Å²) in [4.78, 5) is 17.6. The van der Waals surface area contributed by atoms with E-state index in [-0.39, 0.29) is 5.91 Å². The van der Waals surface area contributed by atoms with Crippen LogP contribution in [0.25, 0.3) is 0 Å². The standard InChI is InChI=1S/C12H19N3O/c1-3-4-5-8-15(2)12(16)11-7-6-10(13)9-14-11/h6-7,9H,3-5,8,13H2,1-2H3. The second kappa shape index (κ2) is 6.10. The summed E-state index contributed by atoms with van der Waals surface area (Å²) < 4.78 is 0. The predicted octanol–water partition coefficient (Wildman–Crippen LogP) is 1.93. The zero-order chi connectivity index (χ0) is 12.0. The van der Waals surface area contributed by atoms with E-state index in [9.17, 15) is 4.79 Å². The zero-order valence-corrected chi connectivity index (χ0v) is 9.94. The molecular weight excluding hydrogens is 202 g/mol. The highest BCUT2D eigenvalue weighted by molar-refractivity contribution is 5.92. The lowest BCUT2D eigenvalue weighted by Gasteiger charge is -2.16. The summed E-state index contributed by atoms with van der Waals surface area (Å²) in [5.41, 5.74) is 6.54. The third-order valence-electron chi connectivity index (χ3n) is 2.45. The molecule has 1 aromatic heterocycles. The van der Waals surface area contributed by atoms with E-state index >= 15 is 0 Å². The molecule has 88 valence electrons. The van der Waals surface area contributed by atoms with Gasteiger partial charge in [-0.2, -0.15) is 0 Å². The summed E-state index contributed by atoms with van der Waals surface area (Å²) in [6, 6.07) is 3.36. The third-order valence-corrected chi connectivity index (χ3v) is 2.45. The van der Waals surface area contributed by atoms with Crippen molar-refractivity contribution >= 4 is 11.6 Å². The van der Waals surface area contributed by atoms with Crippen LogP contribution >= 0.6 is 0 Å². The molecule has 1 aromatic rings. The Bertz CT molecular complexity index is 335. The average Bonchev–Trinajstić information content (AvgIpc) is 2.29. The molecule has 0 saturated heterocycles. The highest BCUT2D eigenvalue weighted by atomic mass is 16.2. The summed E-state index contributed by atoms with van der Waals surface area (Å²) in [7, 11) is 1.80. The first kappa shape index (κ1) is 12.5. The van der Waals surface area contributed by atoms with Crippen LogP contribution in [0, 0.1) is 0 Å². The molecule has 0 unspecified atom stereocenters. The number of amides is 1. The maximum atomic E-state index is 11.9. The number of aromatic nitrogens is 1. The molecule has 0 saturated carbocycles. The second-order valence-electron chi connectivity index (χ2n) is 3.91. The van der Waals surface area contributed by atoms with Gasteiger partial charge in [0.05, 0.1) is 11.9 Å². The van der Waals surface area contributed by atoms with E-state index in [0.29, 0.717) is 11.4 Å². The lowest BCUT2D eigenvalue weighted by Crippen LogP contribution is -2.28. The van der Waals surface area contributed by atoms with Crippen molar-refractivity contribution in [1.82, 2.24) is 9.88 Å². The number of hydrogen-bond donors (Lipinski definition) is 1. The number of rotatable bonds is 5. The first-order chi connectivity index (χ1) is 7.65. The maximum absolute atomic E-state index is 11.9. The number of carbonyl (C=O) groups excluding carboxylic acids is 1. The molecule has 0 aliphatic heterocycles. The summed E-state index contributed by atoms with van der Waals surface area (Å²) in [6.07, 6.45) is 4.84. The van der Waals surface area contributed by atoms with Gasteiger partial charge in [-0.3, -0.25) is 4.79 Å². The number of anilines is 1. The van der Waals surface area contributed by atoms with Crippen LogP contribution in [0.2, 0.25) is 0 Å². The van der Waals surface area contributed by atoms with Gasteiger partial charge in [-0.1, -0.05) is 19.8 Å². The van der Waals surface area contributed by atoms with Crippen molar-refractivity contribution in [3.63, 3.8) is 0 Å². The summed E-state index contributed by atoms with van der Waals surface area (Å²) in [5.74, 6) is -0.0453. The van der Waals surface area contributed by atoms with Gasteiger partial charge in [0.25, 0.3) is 5.91 Å². The van der Waals surface area contributed by atoms with E-state index in [0.717, 1.165) is 25.8 Å². The van der Waals surface area contributed by atoms with Gasteiger partial charge in [0.15, 0.2) is 0 Å². The molecular formula is C12H19N3O. The van der Waals surface area contributed by atoms with Crippen LogP contribution in [0.1, 0.15) is 36.7 Å². The van der Waals surface area contributed by atoms with Gasteiger partial charge < -0.3 is 10.6 Å². The van der Waals surface area contributed by atoms with Crippen molar-refractivity contribution in [2.45, 2.75) is 26.2 Å². The minimum absolute atomic E-state index is 0.0453. The largest absolute Gasteiger partial charge is 0.397 e. The zero-order valence-electron chi connectivity index (χ0n) is 9.94. The van der Waals surface area contributed by atoms with Crippen molar-refractivity contribution < 1.29 is 4.79 Å². The molecule has 4 heteroatoms. The van der Waals surface area contributed by atoms with Gasteiger partial charge >= 0.3 is 0 Å². The summed E-state index contributed by atoms with van der Waals surface area (Å²) >= 11 is 0. The van der Waals surface area contributed by atoms with Crippen LogP contribution < -0.4 is 5.73 Å². The van der Waals surface area contributed by atoms with Crippen LogP contribution in [-0.2, 0) is 0 Å². The molecule has 16 heavy (non-hydrogen) atoms. The molecule has 1 heterocycles. The third kappa shape index (κ3) is 3.53. The Kier molecular flexibility index (Phi) is 4.76. The van der Waals surface area contributed by atoms with Crippen LogP contribution in [0.3, 0.4) is 0 Å². The topological polar surface area (TPSA) is 59.2 Å². The van der Waals surface area contributed by atoms with Crippen molar-refractivity contribution in [2.24, 2.45) is 0 Å². The maximum Gasteiger partial charge on any atom is 0.272 e. The predicted molar refractivity (Wildman–Crippen MR) is 65.1 cm³/mol. The molecule has 1 amide bonds. The van der Waals surface area contributed by atoms with Crippen LogP contribution in [-0.4, -0.2) is 29.4 Å². The highest BCUT2D eigenvalue weighted by Crippen LogP contribution is 2.05. The van der Waals surface area contributed by atoms with E-state index in [1.807, 2.05) is 0 Å². The molecule has 0 spiro atoms. The van der Waals surface area contributed by atoms with E-state index in [1.54, 1.807) is 24.1 Å². The minimum atomic E-state index is -0.0453. The number of carbonyl (C=O) groups is 1. The Balaban J connectivity index is 2.53. The van der Waals surface area contributed by atoms with E-state index in [2.05, 4.69) is 11.9 Å². The quantitative estimate of drug-likeness (QED) is 0.773. The fraction of sp³-hybridized carbons (Fsp3) is 0.500. The van der Waals surface area contributed by atoms with E-state index in [1.165, 1.54) is 6.20 Å². The molecule has 2 N–H and O–H groups in total. The molecule has 0 atom stereocenters. The fourth-order valence-corrected chi connectivity index (χ4v) is 1.43. The van der Waals surface area contributed by atoms with Gasteiger partial charge in [-0.25, -0.2) is 4.98 Å². The van der Waals surface area contributed by atoms with E-state index < -0.39 is 0 Å². The summed E-state index contributed by atoms with van der Waals surface area (Å²) in [6.45, 7) is 2.92. The minimum Gasteiger partial charge on any atom is -0.397 e. The molecule has 0 fully saturated rings. The molecule has 0 aliphatic carbocycles. The highest BCUT2D eigenvalue weighted by Gasteiger charge is 2.11. The van der Waals surface area contributed by atoms with Gasteiger partial charge in [0.2, 0.25) is 0 Å². The number of pyridine rings is 1. The molecule has 0 aliphatic rings. The molecule has 0 aromatic carbocycles. The van der Waals surface area contributed by atoms with E-state index in [4.69, 9.17) is 5.73 Å². The van der Waals surface area contributed by atoms with Crippen molar-refractivity contribution in [3.8, 4) is 0 Å². The number of nitrogens with two attached hydrogens (primary N) is 1. The van der Waals surface area contributed by atoms with Crippen molar-refractivity contribution in [3.05, 3.63) is 24.0 Å². The van der Waals surface area contributed by atoms with Gasteiger partial charge in [0.1, 0.15) is 5.69 Å². The normalized spacial score (nSPS) is 10.1. The molecule has 0 bridgehead atoms. The molecule has 0 radical (unpaired) electrons. The Hall–Kier alpha value is -1.58. The lowest BCUT2D eigenvalue weighted by atomic mass is 10.2. The van der Waals surface area contributed by atoms with Gasteiger partial charge in [-0.05, 0) is 18.6 Å². The Morgan fingerprint density at radius 2 is 2.19 bits per heavy atom. The first-order valence-electron chi connectivity index (χ1n) is 5.62. The smallest absolute Gasteiger partial charge is 0.272 e. The SMILES string of the molecule is CCCCCN(C)C(=O)c1ccc(N)cn1. The number of hydrogen-bond acceptors (Lipinski definition) is 3. The second-order valence-corrected chi connectivity index (χ2v) is 3.91. The van der Waals surface area contributed by atoms with Gasteiger partial charge in [0, 0.05) is 13.6 Å². The Morgan fingerprint density at radius 1 is 1.44 bits per heavy atom. The number of nitrogens with zero attached hydrogens (tertiary/aromatic N) is 2. The van der Waals surface area contributed by atoms with Crippen molar-refractivity contribution in [1.29, 1.82) is 0 Å². The first-order valence-corrected chi connectivity index (χ1v) is 5.62. The number of nitrogen functional groups attached to an aromatic ring is 1. The van der Waals surface area contributed by atoms with Crippen LogP contribution in [0.15, 0.2) is 18.3 Å². The average molecular weight is 221 g/mol. The Labute approximate surface area is 96.5 Å². The lowest BCUT2D eigenvalue weighted by molar-refractivity contribution is 0.0787. The monoisotopic (exact) mass is 221 g/mol. The number of unbranched alkanes of at least 4 members (excludes halogenated alkanes) is 2. The Morgan fingerprint density at radius 3 is 2.75 bits per heavy atom. The summed E-state index contributed by atoms with van der Waals surface area (Å²) in [5, 5.41) is 0. The molecule has 4 nitrogen and oxygen atoms in total.